The quantitative estimate of drug-likeness (QED) is 0.810. The molecular weight excluding hydrogens is 208 g/mol. The van der Waals surface area contributed by atoms with Crippen molar-refractivity contribution in [2.24, 2.45) is 17.8 Å². The van der Waals surface area contributed by atoms with Gasteiger partial charge < -0.3 is 10.2 Å². The summed E-state index contributed by atoms with van der Waals surface area (Å²) in [6.45, 7) is 12.1. The molecule has 0 radical (unpaired) electrons. The van der Waals surface area contributed by atoms with Crippen LogP contribution in [0.3, 0.4) is 0 Å². The number of hydrogen-bond acceptors (Lipinski definition) is 2. The van der Waals surface area contributed by atoms with Crippen molar-refractivity contribution >= 4 is 0 Å². The van der Waals surface area contributed by atoms with Crippen LogP contribution in [-0.2, 0) is 0 Å². The van der Waals surface area contributed by atoms with Gasteiger partial charge in [0.2, 0.25) is 0 Å². The Morgan fingerprint density at radius 3 is 2.47 bits per heavy atom. The summed E-state index contributed by atoms with van der Waals surface area (Å²) in [5, 5.41) is 3.50. The Balaban J connectivity index is 1.79. The van der Waals surface area contributed by atoms with Crippen LogP contribution in [0.1, 0.15) is 46.5 Å². The highest BCUT2D eigenvalue weighted by Crippen LogP contribution is 2.33. The maximum atomic E-state index is 3.50. The largest absolute Gasteiger partial charge is 0.317 e. The summed E-state index contributed by atoms with van der Waals surface area (Å²) in [6, 6.07) is 0.889. The minimum atomic E-state index is 0.889. The monoisotopic (exact) mass is 238 g/mol. The summed E-state index contributed by atoms with van der Waals surface area (Å²) in [5.74, 6) is 2.79. The van der Waals surface area contributed by atoms with Crippen LogP contribution in [0.25, 0.3) is 0 Å². The van der Waals surface area contributed by atoms with Crippen LogP contribution in [0.5, 0.6) is 0 Å². The molecule has 2 nitrogen and oxygen atoms in total. The molecule has 1 aliphatic carbocycles. The number of likely N-dealkylation sites (tertiary alicyclic amines) is 1. The van der Waals surface area contributed by atoms with Crippen LogP contribution in [-0.4, -0.2) is 37.1 Å². The van der Waals surface area contributed by atoms with Crippen molar-refractivity contribution in [3.8, 4) is 0 Å². The zero-order chi connectivity index (χ0) is 12.3. The molecule has 100 valence electrons. The highest BCUT2D eigenvalue weighted by Gasteiger charge is 2.32. The standard InChI is InChI=1S/C15H30N2/c1-4-16-10-14-5-6-17(11-14)15-8-12(2)7-13(3)9-15/h12-16H,4-11H2,1-3H3. The molecule has 0 bridgehead atoms. The molecule has 0 aromatic carbocycles. The Morgan fingerprint density at radius 2 is 1.82 bits per heavy atom. The van der Waals surface area contributed by atoms with Gasteiger partial charge in [0.1, 0.15) is 0 Å². The lowest BCUT2D eigenvalue weighted by molar-refractivity contribution is 0.128. The molecule has 1 aliphatic heterocycles. The van der Waals surface area contributed by atoms with Crippen LogP contribution in [0.4, 0.5) is 0 Å². The molecule has 2 rings (SSSR count). The highest BCUT2D eigenvalue weighted by molar-refractivity contribution is 4.87. The van der Waals surface area contributed by atoms with Crippen molar-refractivity contribution < 1.29 is 0 Å². The molecule has 1 N–H and O–H groups in total. The zero-order valence-corrected chi connectivity index (χ0v) is 11.9. The summed E-state index contributed by atoms with van der Waals surface area (Å²) in [6.07, 6.45) is 5.74. The van der Waals surface area contributed by atoms with Gasteiger partial charge in [-0.1, -0.05) is 20.8 Å². The van der Waals surface area contributed by atoms with E-state index >= 15 is 0 Å². The maximum absolute atomic E-state index is 3.50. The van der Waals surface area contributed by atoms with E-state index in [4.69, 9.17) is 0 Å². The lowest BCUT2D eigenvalue weighted by Crippen LogP contribution is -2.39. The van der Waals surface area contributed by atoms with Gasteiger partial charge in [-0.05, 0) is 63.1 Å². The number of rotatable bonds is 4. The second kappa shape index (κ2) is 6.19. The van der Waals surface area contributed by atoms with E-state index in [9.17, 15) is 0 Å². The van der Waals surface area contributed by atoms with Gasteiger partial charge in [0.05, 0.1) is 0 Å². The summed E-state index contributed by atoms with van der Waals surface area (Å²) in [4.78, 5) is 2.79. The molecule has 1 saturated heterocycles. The number of nitrogens with one attached hydrogen (secondary N) is 1. The Hall–Kier alpha value is -0.0800. The van der Waals surface area contributed by atoms with Crippen LogP contribution in [0, 0.1) is 17.8 Å². The lowest BCUT2D eigenvalue weighted by atomic mass is 9.80. The molecule has 2 aliphatic rings. The first kappa shape index (κ1) is 13.4. The molecule has 0 amide bonds. The molecule has 2 fully saturated rings. The van der Waals surface area contributed by atoms with Crippen molar-refractivity contribution in [3.63, 3.8) is 0 Å². The first-order chi connectivity index (χ1) is 8.19. The predicted octanol–water partition coefficient (Wildman–Crippen LogP) is 2.74. The predicted molar refractivity (Wildman–Crippen MR) is 74.2 cm³/mol. The molecule has 0 spiro atoms. The van der Waals surface area contributed by atoms with Gasteiger partial charge in [0.15, 0.2) is 0 Å². The third kappa shape index (κ3) is 3.69. The van der Waals surface area contributed by atoms with Gasteiger partial charge in [-0.3, -0.25) is 0 Å². The first-order valence-electron chi connectivity index (χ1n) is 7.63. The van der Waals surface area contributed by atoms with E-state index < -0.39 is 0 Å². The Morgan fingerprint density at radius 1 is 1.12 bits per heavy atom. The van der Waals surface area contributed by atoms with Gasteiger partial charge in [0, 0.05) is 12.6 Å². The second-order valence-corrected chi connectivity index (χ2v) is 6.53. The summed E-state index contributed by atoms with van der Waals surface area (Å²) in [7, 11) is 0. The molecule has 3 unspecified atom stereocenters. The Bertz CT molecular complexity index is 219. The third-order valence-electron chi connectivity index (χ3n) is 4.67. The molecule has 1 saturated carbocycles. The summed E-state index contributed by atoms with van der Waals surface area (Å²) < 4.78 is 0. The summed E-state index contributed by atoms with van der Waals surface area (Å²) in [5.41, 5.74) is 0. The van der Waals surface area contributed by atoms with E-state index in [1.165, 1.54) is 45.3 Å². The van der Waals surface area contributed by atoms with E-state index in [2.05, 4.69) is 31.0 Å². The van der Waals surface area contributed by atoms with Crippen LogP contribution in [0.2, 0.25) is 0 Å². The van der Waals surface area contributed by atoms with Crippen LogP contribution < -0.4 is 5.32 Å². The van der Waals surface area contributed by atoms with Crippen LogP contribution in [0.15, 0.2) is 0 Å². The number of hydrogen-bond donors (Lipinski definition) is 1. The van der Waals surface area contributed by atoms with E-state index in [0.717, 1.165) is 30.3 Å². The van der Waals surface area contributed by atoms with Gasteiger partial charge in [0.25, 0.3) is 0 Å². The number of nitrogens with zero attached hydrogens (tertiary/aromatic N) is 1. The minimum Gasteiger partial charge on any atom is -0.317 e. The smallest absolute Gasteiger partial charge is 0.0100 e. The van der Waals surface area contributed by atoms with E-state index in [-0.39, 0.29) is 0 Å². The third-order valence-corrected chi connectivity index (χ3v) is 4.67. The minimum absolute atomic E-state index is 0.889. The molecular formula is C15H30N2. The maximum Gasteiger partial charge on any atom is 0.0100 e. The van der Waals surface area contributed by atoms with Crippen molar-refractivity contribution in [2.45, 2.75) is 52.5 Å². The molecule has 17 heavy (non-hydrogen) atoms. The van der Waals surface area contributed by atoms with E-state index in [1.54, 1.807) is 0 Å². The molecule has 0 aromatic rings. The molecule has 0 aromatic heterocycles. The SMILES string of the molecule is CCNCC1CCN(C2CC(C)CC(C)C2)C1. The van der Waals surface area contributed by atoms with Gasteiger partial charge in [-0.15, -0.1) is 0 Å². The fourth-order valence-electron chi connectivity index (χ4n) is 3.91. The van der Waals surface area contributed by atoms with Crippen LogP contribution >= 0.6 is 0 Å². The van der Waals surface area contributed by atoms with Gasteiger partial charge >= 0.3 is 0 Å². The molecule has 3 atom stereocenters. The second-order valence-electron chi connectivity index (χ2n) is 6.53. The molecule has 2 heteroatoms. The van der Waals surface area contributed by atoms with Crippen molar-refractivity contribution in [1.82, 2.24) is 10.2 Å². The summed E-state index contributed by atoms with van der Waals surface area (Å²) >= 11 is 0. The zero-order valence-electron chi connectivity index (χ0n) is 11.9. The fourth-order valence-corrected chi connectivity index (χ4v) is 3.91. The molecule has 1 heterocycles. The van der Waals surface area contributed by atoms with E-state index in [0.29, 0.717) is 0 Å². The highest BCUT2D eigenvalue weighted by atomic mass is 15.2. The lowest BCUT2D eigenvalue weighted by Gasteiger charge is -2.37. The average molecular weight is 238 g/mol. The van der Waals surface area contributed by atoms with Crippen molar-refractivity contribution in [1.29, 1.82) is 0 Å². The van der Waals surface area contributed by atoms with Crippen molar-refractivity contribution in [3.05, 3.63) is 0 Å². The van der Waals surface area contributed by atoms with Gasteiger partial charge in [-0.2, -0.15) is 0 Å². The normalized spacial score (nSPS) is 39.7. The topological polar surface area (TPSA) is 15.3 Å². The van der Waals surface area contributed by atoms with Crippen molar-refractivity contribution in [2.75, 3.05) is 26.2 Å². The average Bonchev–Trinajstić information content (AvgIpc) is 2.73. The Kier molecular flexibility index (Phi) is 4.87. The van der Waals surface area contributed by atoms with E-state index in [1.807, 2.05) is 0 Å². The fraction of sp³-hybridized carbons (Fsp3) is 1.00. The first-order valence-corrected chi connectivity index (χ1v) is 7.63. The Labute approximate surface area is 107 Å². The van der Waals surface area contributed by atoms with Gasteiger partial charge in [-0.25, -0.2) is 0 Å².